The molecule has 0 aliphatic carbocycles. The smallest absolute Gasteiger partial charge is 0.341 e. The number of benzene rings is 2. The van der Waals surface area contributed by atoms with Crippen molar-refractivity contribution in [2.24, 2.45) is 0 Å². The number of ether oxygens (including phenoxy) is 3. The first-order valence-corrected chi connectivity index (χ1v) is 8.89. The molecule has 1 fully saturated rings. The summed E-state index contributed by atoms with van der Waals surface area (Å²) in [6, 6.07) is 12.5. The quantitative estimate of drug-likeness (QED) is 0.308. The van der Waals surface area contributed by atoms with E-state index in [-0.39, 0.29) is 18.8 Å². The number of carbonyl (C=O) groups is 4. The SMILES string of the molecule is COC(=O)c1ccccc1OCCOc1ccc(C=C2C(=O)NC(=O)NC2=O)cc1. The van der Waals surface area contributed by atoms with Crippen molar-refractivity contribution >= 4 is 29.9 Å². The van der Waals surface area contributed by atoms with E-state index in [1.165, 1.54) is 13.2 Å². The third kappa shape index (κ3) is 5.02. The number of barbiturate groups is 1. The number of nitrogens with one attached hydrogen (secondary N) is 2. The number of esters is 1. The van der Waals surface area contributed by atoms with Gasteiger partial charge in [0.1, 0.15) is 35.8 Å². The molecule has 1 aliphatic rings. The summed E-state index contributed by atoms with van der Waals surface area (Å²) in [6.45, 7) is 0.428. The molecule has 3 rings (SSSR count). The minimum Gasteiger partial charge on any atom is -0.490 e. The van der Waals surface area contributed by atoms with Crippen LogP contribution in [0.4, 0.5) is 4.79 Å². The van der Waals surface area contributed by atoms with Crippen LogP contribution in [0.15, 0.2) is 54.1 Å². The van der Waals surface area contributed by atoms with Gasteiger partial charge in [0.2, 0.25) is 0 Å². The van der Waals surface area contributed by atoms with Crippen molar-refractivity contribution in [1.82, 2.24) is 10.6 Å². The zero-order valence-corrected chi connectivity index (χ0v) is 16.0. The monoisotopic (exact) mass is 410 g/mol. The van der Waals surface area contributed by atoms with E-state index in [9.17, 15) is 19.2 Å². The second-order valence-corrected chi connectivity index (χ2v) is 6.05. The summed E-state index contributed by atoms with van der Waals surface area (Å²) < 4.78 is 15.9. The van der Waals surface area contributed by atoms with Crippen molar-refractivity contribution in [3.05, 3.63) is 65.2 Å². The van der Waals surface area contributed by atoms with Gasteiger partial charge in [0.15, 0.2) is 0 Å². The van der Waals surface area contributed by atoms with E-state index in [1.54, 1.807) is 48.5 Å². The summed E-state index contributed by atoms with van der Waals surface area (Å²) in [4.78, 5) is 46.3. The summed E-state index contributed by atoms with van der Waals surface area (Å²) in [5.74, 6) is -1.05. The van der Waals surface area contributed by atoms with Gasteiger partial charge in [0, 0.05) is 0 Å². The molecule has 2 aromatic rings. The minimum absolute atomic E-state index is 0.166. The largest absolute Gasteiger partial charge is 0.490 e. The maximum absolute atomic E-state index is 11.7. The number of urea groups is 1. The molecule has 2 aromatic carbocycles. The number of hydrogen-bond donors (Lipinski definition) is 2. The third-order valence-corrected chi connectivity index (χ3v) is 4.04. The van der Waals surface area contributed by atoms with Gasteiger partial charge in [-0.3, -0.25) is 20.2 Å². The summed E-state index contributed by atoms with van der Waals surface area (Å²) in [5.41, 5.74) is 0.746. The molecule has 1 heterocycles. The van der Waals surface area contributed by atoms with Gasteiger partial charge in [-0.1, -0.05) is 24.3 Å². The molecule has 0 bridgehead atoms. The molecule has 0 unspecified atom stereocenters. The lowest BCUT2D eigenvalue weighted by Gasteiger charge is -2.14. The molecule has 9 heteroatoms. The number of carbonyl (C=O) groups excluding carboxylic acids is 4. The number of imide groups is 2. The van der Waals surface area contributed by atoms with Crippen molar-refractivity contribution in [2.45, 2.75) is 0 Å². The van der Waals surface area contributed by atoms with Crippen LogP contribution < -0.4 is 20.1 Å². The van der Waals surface area contributed by atoms with Gasteiger partial charge in [-0.25, -0.2) is 9.59 Å². The lowest BCUT2D eigenvalue weighted by Crippen LogP contribution is -2.51. The van der Waals surface area contributed by atoms with Crippen LogP contribution in [0.2, 0.25) is 0 Å². The van der Waals surface area contributed by atoms with Crippen molar-refractivity contribution in [1.29, 1.82) is 0 Å². The molecule has 2 N–H and O–H groups in total. The van der Waals surface area contributed by atoms with Gasteiger partial charge in [0.25, 0.3) is 11.8 Å². The predicted molar refractivity (Wildman–Crippen MR) is 105 cm³/mol. The fraction of sp³-hybridized carbons (Fsp3) is 0.143. The highest BCUT2D eigenvalue weighted by molar-refractivity contribution is 6.31. The fourth-order valence-electron chi connectivity index (χ4n) is 2.62. The summed E-state index contributed by atoms with van der Waals surface area (Å²) in [5, 5.41) is 4.02. The highest BCUT2D eigenvalue weighted by Gasteiger charge is 2.27. The molecule has 0 saturated carbocycles. The number of methoxy groups -OCH3 is 1. The average Bonchev–Trinajstić information content (AvgIpc) is 2.74. The van der Waals surface area contributed by atoms with Crippen LogP contribution in [-0.4, -0.2) is 44.1 Å². The van der Waals surface area contributed by atoms with Crippen LogP contribution in [0.5, 0.6) is 11.5 Å². The van der Waals surface area contributed by atoms with Crippen LogP contribution in [0.3, 0.4) is 0 Å². The van der Waals surface area contributed by atoms with Crippen molar-refractivity contribution in [3.8, 4) is 11.5 Å². The Hall–Kier alpha value is -4.14. The molecule has 1 aliphatic heterocycles. The molecular formula is C21H18N2O7. The number of para-hydroxylation sites is 1. The second-order valence-electron chi connectivity index (χ2n) is 6.05. The van der Waals surface area contributed by atoms with E-state index in [0.717, 1.165) is 0 Å². The van der Waals surface area contributed by atoms with Crippen LogP contribution >= 0.6 is 0 Å². The molecule has 1 saturated heterocycles. The van der Waals surface area contributed by atoms with Gasteiger partial charge >= 0.3 is 12.0 Å². The molecular weight excluding hydrogens is 392 g/mol. The Morgan fingerprint density at radius 1 is 0.900 bits per heavy atom. The fourth-order valence-corrected chi connectivity index (χ4v) is 2.62. The minimum atomic E-state index is -0.845. The first-order chi connectivity index (χ1) is 14.5. The van der Waals surface area contributed by atoms with Crippen LogP contribution in [0.1, 0.15) is 15.9 Å². The van der Waals surface area contributed by atoms with Crippen molar-refractivity contribution in [2.75, 3.05) is 20.3 Å². The highest BCUT2D eigenvalue weighted by Crippen LogP contribution is 2.19. The Bertz CT molecular complexity index is 990. The summed E-state index contributed by atoms with van der Waals surface area (Å²) >= 11 is 0. The molecule has 0 radical (unpaired) electrons. The molecule has 154 valence electrons. The number of amides is 4. The number of rotatable bonds is 7. The van der Waals surface area contributed by atoms with E-state index < -0.39 is 23.8 Å². The van der Waals surface area contributed by atoms with Crippen LogP contribution in [0.25, 0.3) is 6.08 Å². The third-order valence-electron chi connectivity index (χ3n) is 4.04. The Morgan fingerprint density at radius 2 is 1.53 bits per heavy atom. The zero-order chi connectivity index (χ0) is 21.5. The lowest BCUT2D eigenvalue weighted by molar-refractivity contribution is -0.123. The van der Waals surface area contributed by atoms with Gasteiger partial charge in [-0.05, 0) is 35.9 Å². The van der Waals surface area contributed by atoms with Gasteiger partial charge in [-0.15, -0.1) is 0 Å². The maximum atomic E-state index is 11.7. The standard InChI is InChI=1S/C21H18N2O7/c1-28-20(26)15-4-2-3-5-17(15)30-11-10-29-14-8-6-13(7-9-14)12-16-18(24)22-21(27)23-19(16)25/h2-9,12H,10-11H2,1H3,(H2,22,23,24,25,27). The summed E-state index contributed by atoms with van der Waals surface area (Å²) in [7, 11) is 1.30. The van der Waals surface area contributed by atoms with E-state index >= 15 is 0 Å². The van der Waals surface area contributed by atoms with Crippen LogP contribution in [0, 0.1) is 0 Å². The molecule has 9 nitrogen and oxygen atoms in total. The Kier molecular flexibility index (Phi) is 6.43. The average molecular weight is 410 g/mol. The van der Waals surface area contributed by atoms with Gasteiger partial charge < -0.3 is 14.2 Å². The molecule has 0 atom stereocenters. The Balaban J connectivity index is 1.54. The summed E-state index contributed by atoms with van der Waals surface area (Å²) in [6.07, 6.45) is 1.37. The number of hydrogen-bond acceptors (Lipinski definition) is 7. The van der Waals surface area contributed by atoms with E-state index in [1.807, 2.05) is 10.6 Å². The van der Waals surface area contributed by atoms with Gasteiger partial charge in [-0.2, -0.15) is 0 Å². The van der Waals surface area contributed by atoms with Crippen molar-refractivity contribution in [3.63, 3.8) is 0 Å². The van der Waals surface area contributed by atoms with E-state index in [0.29, 0.717) is 22.6 Å². The van der Waals surface area contributed by atoms with E-state index in [2.05, 4.69) is 0 Å². The Labute approximate surface area is 171 Å². The molecule has 0 spiro atoms. The molecule has 30 heavy (non-hydrogen) atoms. The van der Waals surface area contributed by atoms with Gasteiger partial charge in [0.05, 0.1) is 7.11 Å². The topological polar surface area (TPSA) is 120 Å². The normalized spacial score (nSPS) is 13.2. The lowest BCUT2D eigenvalue weighted by atomic mass is 10.1. The van der Waals surface area contributed by atoms with Crippen LogP contribution in [-0.2, 0) is 14.3 Å². The van der Waals surface area contributed by atoms with Crippen molar-refractivity contribution < 1.29 is 33.4 Å². The first-order valence-electron chi connectivity index (χ1n) is 8.89. The molecule has 0 aromatic heterocycles. The first kappa shape index (κ1) is 20.6. The predicted octanol–water partition coefficient (Wildman–Crippen LogP) is 1.68. The maximum Gasteiger partial charge on any atom is 0.341 e. The highest BCUT2D eigenvalue weighted by atomic mass is 16.5. The second kappa shape index (κ2) is 9.37. The zero-order valence-electron chi connectivity index (χ0n) is 16.0. The van der Waals surface area contributed by atoms with E-state index in [4.69, 9.17) is 14.2 Å². The molecule has 4 amide bonds. The Morgan fingerprint density at radius 3 is 2.20 bits per heavy atom.